The van der Waals surface area contributed by atoms with Gasteiger partial charge in [-0.1, -0.05) is 36.4 Å². The summed E-state index contributed by atoms with van der Waals surface area (Å²) in [5, 5.41) is 26.1. The number of phenols is 2. The molecule has 122 valence electrons. The van der Waals surface area contributed by atoms with E-state index in [9.17, 15) is 10.2 Å². The largest absolute Gasteiger partial charge is 0.508 e. The molecule has 0 fully saturated rings. The van der Waals surface area contributed by atoms with Crippen molar-refractivity contribution < 1.29 is 10.2 Å². The van der Waals surface area contributed by atoms with E-state index in [1.165, 1.54) is 0 Å². The Balaban J connectivity index is 1.55. The number of anilines is 2. The number of rotatable bonds is 6. The molecule has 0 aliphatic heterocycles. The maximum absolute atomic E-state index is 9.76. The van der Waals surface area contributed by atoms with Crippen LogP contribution in [-0.2, 0) is 13.1 Å². The maximum Gasteiger partial charge on any atom is 0.120 e. The fourth-order valence-corrected chi connectivity index (χ4v) is 2.42. The molecule has 4 N–H and O–H groups in total. The van der Waals surface area contributed by atoms with E-state index in [1.54, 1.807) is 12.1 Å². The molecule has 0 aromatic heterocycles. The minimum Gasteiger partial charge on any atom is -0.508 e. The Bertz CT molecular complexity index is 732. The molecular weight excluding hydrogens is 300 g/mol. The lowest BCUT2D eigenvalue weighted by atomic mass is 10.2. The molecule has 0 saturated carbocycles. The normalized spacial score (nSPS) is 10.3. The first kappa shape index (κ1) is 15.7. The van der Waals surface area contributed by atoms with Crippen LogP contribution in [0, 0.1) is 0 Å². The lowest BCUT2D eigenvalue weighted by Gasteiger charge is -2.11. The van der Waals surface area contributed by atoms with Crippen LogP contribution >= 0.6 is 0 Å². The number of hydrogen-bond acceptors (Lipinski definition) is 4. The number of para-hydroxylation sites is 2. The van der Waals surface area contributed by atoms with E-state index in [2.05, 4.69) is 10.6 Å². The van der Waals surface area contributed by atoms with Crippen LogP contribution in [0.25, 0.3) is 0 Å². The second kappa shape index (κ2) is 7.42. The zero-order valence-electron chi connectivity index (χ0n) is 13.2. The molecule has 0 aliphatic carbocycles. The highest BCUT2D eigenvalue weighted by molar-refractivity contribution is 5.54. The lowest BCUT2D eigenvalue weighted by Crippen LogP contribution is -2.01. The number of nitrogens with one attached hydrogen (secondary N) is 2. The van der Waals surface area contributed by atoms with E-state index in [0.717, 1.165) is 22.5 Å². The average molecular weight is 320 g/mol. The highest BCUT2D eigenvalue weighted by Gasteiger charge is 2.01. The van der Waals surface area contributed by atoms with Crippen molar-refractivity contribution in [2.45, 2.75) is 13.1 Å². The maximum atomic E-state index is 9.76. The van der Waals surface area contributed by atoms with E-state index in [0.29, 0.717) is 24.6 Å². The van der Waals surface area contributed by atoms with Gasteiger partial charge in [0.2, 0.25) is 0 Å². The van der Waals surface area contributed by atoms with Crippen molar-refractivity contribution in [3.05, 3.63) is 83.9 Å². The SMILES string of the molecule is Oc1ccccc1CNc1ccc(NCc2ccccc2O)cc1. The Morgan fingerprint density at radius 2 is 0.917 bits per heavy atom. The van der Waals surface area contributed by atoms with E-state index >= 15 is 0 Å². The molecule has 4 nitrogen and oxygen atoms in total. The minimum atomic E-state index is 0.297. The molecule has 0 atom stereocenters. The Morgan fingerprint density at radius 3 is 1.29 bits per heavy atom. The molecule has 0 unspecified atom stereocenters. The number of phenolic OH excluding ortho intramolecular Hbond substituents is 2. The summed E-state index contributed by atoms with van der Waals surface area (Å²) in [5.74, 6) is 0.594. The average Bonchev–Trinajstić information content (AvgIpc) is 2.61. The van der Waals surface area contributed by atoms with Crippen molar-refractivity contribution in [1.29, 1.82) is 0 Å². The van der Waals surface area contributed by atoms with Gasteiger partial charge in [-0.2, -0.15) is 0 Å². The van der Waals surface area contributed by atoms with Gasteiger partial charge in [0, 0.05) is 35.6 Å². The summed E-state index contributed by atoms with van der Waals surface area (Å²) in [4.78, 5) is 0. The summed E-state index contributed by atoms with van der Waals surface area (Å²) in [6.07, 6.45) is 0. The van der Waals surface area contributed by atoms with Crippen LogP contribution in [0.3, 0.4) is 0 Å². The number of hydrogen-bond donors (Lipinski definition) is 4. The van der Waals surface area contributed by atoms with Crippen molar-refractivity contribution >= 4 is 11.4 Å². The lowest BCUT2D eigenvalue weighted by molar-refractivity contribution is 0.468. The first-order valence-electron chi connectivity index (χ1n) is 7.84. The summed E-state index contributed by atoms with van der Waals surface area (Å²) in [5.41, 5.74) is 3.68. The Hall–Kier alpha value is -3.14. The van der Waals surface area contributed by atoms with Gasteiger partial charge in [-0.05, 0) is 36.4 Å². The van der Waals surface area contributed by atoms with E-state index in [-0.39, 0.29) is 0 Å². The van der Waals surface area contributed by atoms with Crippen molar-refractivity contribution in [2.75, 3.05) is 10.6 Å². The first-order chi connectivity index (χ1) is 11.7. The van der Waals surface area contributed by atoms with Gasteiger partial charge in [0.25, 0.3) is 0 Å². The van der Waals surface area contributed by atoms with Crippen molar-refractivity contribution in [3.8, 4) is 11.5 Å². The molecule has 0 bridgehead atoms. The highest BCUT2D eigenvalue weighted by atomic mass is 16.3. The number of aromatic hydroxyl groups is 2. The third kappa shape index (κ3) is 3.98. The van der Waals surface area contributed by atoms with E-state index in [4.69, 9.17) is 0 Å². The Labute approximate surface area is 141 Å². The summed E-state index contributed by atoms with van der Waals surface area (Å²) in [6, 6.07) is 22.5. The first-order valence-corrected chi connectivity index (χ1v) is 7.84. The number of benzene rings is 3. The van der Waals surface area contributed by atoms with Crippen molar-refractivity contribution in [3.63, 3.8) is 0 Å². The van der Waals surface area contributed by atoms with Crippen LogP contribution in [0.1, 0.15) is 11.1 Å². The molecule has 0 spiro atoms. The topological polar surface area (TPSA) is 64.5 Å². The molecule has 3 aromatic rings. The fourth-order valence-electron chi connectivity index (χ4n) is 2.42. The van der Waals surface area contributed by atoms with Crippen LogP contribution < -0.4 is 10.6 Å². The zero-order valence-corrected chi connectivity index (χ0v) is 13.2. The van der Waals surface area contributed by atoms with Gasteiger partial charge in [0.05, 0.1) is 0 Å². The molecule has 0 aliphatic rings. The second-order valence-corrected chi connectivity index (χ2v) is 5.54. The van der Waals surface area contributed by atoms with Gasteiger partial charge in [0.1, 0.15) is 11.5 Å². The van der Waals surface area contributed by atoms with Gasteiger partial charge in [-0.3, -0.25) is 0 Å². The van der Waals surface area contributed by atoms with Gasteiger partial charge in [-0.15, -0.1) is 0 Å². The molecule has 0 amide bonds. The summed E-state index contributed by atoms with van der Waals surface area (Å²) in [6.45, 7) is 1.13. The quantitative estimate of drug-likeness (QED) is 0.546. The molecular formula is C20H20N2O2. The third-order valence-corrected chi connectivity index (χ3v) is 3.83. The third-order valence-electron chi connectivity index (χ3n) is 3.83. The molecule has 4 heteroatoms. The predicted octanol–water partition coefficient (Wildman–Crippen LogP) is 4.32. The van der Waals surface area contributed by atoms with Crippen LogP contribution in [0.4, 0.5) is 11.4 Å². The van der Waals surface area contributed by atoms with Gasteiger partial charge < -0.3 is 20.8 Å². The van der Waals surface area contributed by atoms with Crippen LogP contribution in [-0.4, -0.2) is 10.2 Å². The summed E-state index contributed by atoms with van der Waals surface area (Å²) < 4.78 is 0. The Kier molecular flexibility index (Phi) is 4.87. The van der Waals surface area contributed by atoms with Gasteiger partial charge in [0.15, 0.2) is 0 Å². The smallest absolute Gasteiger partial charge is 0.120 e. The van der Waals surface area contributed by atoms with Gasteiger partial charge in [-0.25, -0.2) is 0 Å². The second-order valence-electron chi connectivity index (χ2n) is 5.54. The van der Waals surface area contributed by atoms with E-state index in [1.807, 2.05) is 60.7 Å². The van der Waals surface area contributed by atoms with Crippen LogP contribution in [0.2, 0.25) is 0 Å². The highest BCUT2D eigenvalue weighted by Crippen LogP contribution is 2.20. The van der Waals surface area contributed by atoms with E-state index < -0.39 is 0 Å². The summed E-state index contributed by atoms with van der Waals surface area (Å²) in [7, 11) is 0. The minimum absolute atomic E-state index is 0.297. The fraction of sp³-hybridized carbons (Fsp3) is 0.100. The molecule has 0 radical (unpaired) electrons. The summed E-state index contributed by atoms with van der Waals surface area (Å²) >= 11 is 0. The van der Waals surface area contributed by atoms with Crippen molar-refractivity contribution in [1.82, 2.24) is 0 Å². The molecule has 0 saturated heterocycles. The molecule has 24 heavy (non-hydrogen) atoms. The molecule has 0 heterocycles. The predicted molar refractivity (Wildman–Crippen MR) is 97.3 cm³/mol. The molecule has 3 rings (SSSR count). The Morgan fingerprint density at radius 1 is 0.542 bits per heavy atom. The zero-order chi connectivity index (χ0) is 16.8. The van der Waals surface area contributed by atoms with Crippen LogP contribution in [0.5, 0.6) is 11.5 Å². The standard InChI is InChI=1S/C20H20N2O2/c23-19-7-3-1-5-15(19)13-21-17-9-11-18(12-10-17)22-14-16-6-2-4-8-20(16)24/h1-12,21-24H,13-14H2. The van der Waals surface area contributed by atoms with Crippen LogP contribution in [0.15, 0.2) is 72.8 Å². The monoisotopic (exact) mass is 320 g/mol. The van der Waals surface area contributed by atoms with Crippen molar-refractivity contribution in [2.24, 2.45) is 0 Å². The van der Waals surface area contributed by atoms with Gasteiger partial charge >= 0.3 is 0 Å². The molecule has 3 aromatic carbocycles.